The molecule has 0 amide bonds. The van der Waals surface area contributed by atoms with Gasteiger partial charge in [0.2, 0.25) is 0 Å². The van der Waals surface area contributed by atoms with Gasteiger partial charge in [-0.3, -0.25) is 0 Å². The molecule has 0 bridgehead atoms. The Hall–Kier alpha value is -0.940. The van der Waals surface area contributed by atoms with Gasteiger partial charge in [-0.25, -0.2) is 0 Å². The lowest BCUT2D eigenvalue weighted by molar-refractivity contribution is 0.0761. The molecule has 1 atom stereocenters. The second-order valence-corrected chi connectivity index (χ2v) is 3.87. The van der Waals surface area contributed by atoms with Crippen LogP contribution in [0.2, 0.25) is 0 Å². The molecule has 5 heteroatoms. The van der Waals surface area contributed by atoms with E-state index in [0.29, 0.717) is 6.04 Å². The third kappa shape index (κ3) is 2.76. The lowest BCUT2D eigenvalue weighted by Crippen LogP contribution is -2.43. The van der Waals surface area contributed by atoms with Crippen molar-refractivity contribution in [2.45, 2.75) is 32.4 Å². The van der Waals surface area contributed by atoms with Gasteiger partial charge in [-0.2, -0.15) is 0 Å². The maximum Gasteiger partial charge on any atom is 0.134 e. The van der Waals surface area contributed by atoms with E-state index >= 15 is 0 Å². The lowest BCUT2D eigenvalue weighted by Gasteiger charge is -2.23. The predicted octanol–water partition coefficient (Wildman–Crippen LogP) is 0.219. The Kier molecular flexibility index (Phi) is 3.69. The van der Waals surface area contributed by atoms with Crippen molar-refractivity contribution in [2.24, 2.45) is 0 Å². The topological polar surface area (TPSA) is 52.0 Å². The highest BCUT2D eigenvalue weighted by Crippen LogP contribution is 2.04. The monoisotopic (exact) mass is 210 g/mol. The van der Waals surface area contributed by atoms with Crippen LogP contribution < -0.4 is 5.32 Å². The van der Waals surface area contributed by atoms with Crippen LogP contribution in [0.1, 0.15) is 19.2 Å². The second-order valence-electron chi connectivity index (χ2n) is 3.87. The maximum atomic E-state index is 5.41. The van der Waals surface area contributed by atoms with Crippen molar-refractivity contribution in [3.05, 3.63) is 12.2 Å². The van der Waals surface area contributed by atoms with Crippen LogP contribution in [0.3, 0.4) is 0 Å². The van der Waals surface area contributed by atoms with Gasteiger partial charge in [-0.15, -0.1) is 10.2 Å². The lowest BCUT2D eigenvalue weighted by atomic mass is 10.2. The second kappa shape index (κ2) is 5.23. The zero-order valence-electron chi connectivity index (χ0n) is 9.15. The smallest absolute Gasteiger partial charge is 0.134 e. The highest BCUT2D eigenvalue weighted by molar-refractivity contribution is 4.91. The Morgan fingerprint density at radius 3 is 3.33 bits per heavy atom. The van der Waals surface area contributed by atoms with Crippen molar-refractivity contribution < 1.29 is 4.74 Å². The van der Waals surface area contributed by atoms with Crippen LogP contribution >= 0.6 is 0 Å². The fourth-order valence-electron chi connectivity index (χ4n) is 1.84. The molecule has 2 rings (SSSR count). The van der Waals surface area contributed by atoms with Gasteiger partial charge in [-0.05, 0) is 6.42 Å². The first kappa shape index (κ1) is 10.6. The number of aryl methyl sites for hydroxylation is 1. The highest BCUT2D eigenvalue weighted by Gasteiger charge is 2.16. The van der Waals surface area contributed by atoms with Gasteiger partial charge in [0.05, 0.1) is 13.2 Å². The fraction of sp³-hybridized carbons (Fsp3) is 0.800. The zero-order chi connectivity index (χ0) is 10.5. The van der Waals surface area contributed by atoms with Gasteiger partial charge in [0, 0.05) is 25.6 Å². The predicted molar refractivity (Wildman–Crippen MR) is 56.6 cm³/mol. The summed E-state index contributed by atoms with van der Waals surface area (Å²) in [5.41, 5.74) is 0. The fourth-order valence-corrected chi connectivity index (χ4v) is 1.84. The Bertz CT molecular complexity index is 293. The first-order valence-corrected chi connectivity index (χ1v) is 5.58. The number of hydrogen-bond acceptors (Lipinski definition) is 4. The molecular weight excluding hydrogens is 192 g/mol. The molecule has 0 saturated carbocycles. The van der Waals surface area contributed by atoms with Crippen LogP contribution in [0.15, 0.2) is 6.33 Å². The summed E-state index contributed by atoms with van der Waals surface area (Å²) in [6.45, 7) is 5.69. The van der Waals surface area contributed by atoms with E-state index in [9.17, 15) is 0 Å². The van der Waals surface area contributed by atoms with Crippen LogP contribution in [0.25, 0.3) is 0 Å². The third-order valence-corrected chi connectivity index (χ3v) is 2.59. The quantitative estimate of drug-likeness (QED) is 0.772. The zero-order valence-corrected chi connectivity index (χ0v) is 9.15. The molecule has 15 heavy (non-hydrogen) atoms. The molecule has 1 aliphatic heterocycles. The largest absolute Gasteiger partial charge is 0.379 e. The Balaban J connectivity index is 1.93. The third-order valence-electron chi connectivity index (χ3n) is 2.59. The number of ether oxygens (including phenoxy) is 1. The average Bonchev–Trinajstić information content (AvgIpc) is 2.68. The van der Waals surface area contributed by atoms with E-state index in [1.807, 2.05) is 6.33 Å². The summed E-state index contributed by atoms with van der Waals surface area (Å²) < 4.78 is 7.53. The van der Waals surface area contributed by atoms with E-state index in [1.165, 1.54) is 0 Å². The highest BCUT2D eigenvalue weighted by atomic mass is 16.5. The first-order chi connectivity index (χ1) is 7.40. The molecule has 0 aliphatic carbocycles. The van der Waals surface area contributed by atoms with Gasteiger partial charge >= 0.3 is 0 Å². The van der Waals surface area contributed by atoms with E-state index in [2.05, 4.69) is 27.0 Å². The van der Waals surface area contributed by atoms with Crippen molar-refractivity contribution >= 4 is 0 Å². The number of nitrogens with one attached hydrogen (secondary N) is 1. The summed E-state index contributed by atoms with van der Waals surface area (Å²) in [5, 5.41) is 11.5. The van der Waals surface area contributed by atoms with Gasteiger partial charge < -0.3 is 14.6 Å². The maximum absolute atomic E-state index is 5.41. The number of hydrogen-bond donors (Lipinski definition) is 1. The van der Waals surface area contributed by atoms with Crippen LogP contribution in [-0.4, -0.2) is 40.6 Å². The van der Waals surface area contributed by atoms with Crippen molar-refractivity contribution in [2.75, 3.05) is 19.8 Å². The number of rotatable bonds is 4. The summed E-state index contributed by atoms with van der Waals surface area (Å²) in [5.74, 6) is 1.06. The van der Waals surface area contributed by atoms with Crippen molar-refractivity contribution in [1.29, 1.82) is 0 Å². The minimum Gasteiger partial charge on any atom is -0.379 e. The number of aromatic nitrogens is 3. The van der Waals surface area contributed by atoms with E-state index in [1.54, 1.807) is 0 Å². The standard InChI is InChI=1S/C10H18N4O/c1-2-4-14-8-12-13-10(14)6-9-7-15-5-3-11-9/h8-9,11H,2-7H2,1H3. The Morgan fingerprint density at radius 2 is 2.60 bits per heavy atom. The molecule has 1 N–H and O–H groups in total. The minimum absolute atomic E-state index is 0.388. The van der Waals surface area contributed by atoms with Crippen LogP contribution in [-0.2, 0) is 17.7 Å². The summed E-state index contributed by atoms with van der Waals surface area (Å²) in [6, 6.07) is 0.388. The van der Waals surface area contributed by atoms with Crippen molar-refractivity contribution in [3.63, 3.8) is 0 Å². The van der Waals surface area contributed by atoms with Gasteiger partial charge in [-0.1, -0.05) is 6.92 Å². The minimum atomic E-state index is 0.388. The molecule has 1 aromatic heterocycles. The summed E-state index contributed by atoms with van der Waals surface area (Å²) in [6.07, 6.45) is 3.82. The van der Waals surface area contributed by atoms with E-state index < -0.39 is 0 Å². The van der Waals surface area contributed by atoms with Gasteiger partial charge in [0.25, 0.3) is 0 Å². The molecule has 1 aliphatic rings. The van der Waals surface area contributed by atoms with Crippen LogP contribution in [0.4, 0.5) is 0 Å². The van der Waals surface area contributed by atoms with E-state index in [4.69, 9.17) is 4.74 Å². The summed E-state index contributed by atoms with van der Waals surface area (Å²) in [4.78, 5) is 0. The van der Waals surface area contributed by atoms with Gasteiger partial charge in [0.15, 0.2) is 0 Å². The summed E-state index contributed by atoms with van der Waals surface area (Å²) >= 11 is 0. The average molecular weight is 210 g/mol. The number of nitrogens with zero attached hydrogens (tertiary/aromatic N) is 3. The molecular formula is C10H18N4O. The number of morpholine rings is 1. The molecule has 1 aromatic rings. The molecule has 0 spiro atoms. The van der Waals surface area contributed by atoms with E-state index in [-0.39, 0.29) is 0 Å². The van der Waals surface area contributed by atoms with Crippen molar-refractivity contribution in [1.82, 2.24) is 20.1 Å². The van der Waals surface area contributed by atoms with E-state index in [0.717, 1.165) is 45.0 Å². The Labute approximate surface area is 89.8 Å². The molecule has 84 valence electrons. The van der Waals surface area contributed by atoms with Crippen LogP contribution in [0, 0.1) is 0 Å². The SMILES string of the molecule is CCCn1cnnc1CC1COCCN1. The molecule has 0 radical (unpaired) electrons. The molecule has 2 heterocycles. The first-order valence-electron chi connectivity index (χ1n) is 5.58. The molecule has 0 aromatic carbocycles. The van der Waals surface area contributed by atoms with Gasteiger partial charge in [0.1, 0.15) is 12.2 Å². The normalized spacial score (nSPS) is 21.8. The molecule has 1 fully saturated rings. The van der Waals surface area contributed by atoms with Crippen LogP contribution in [0.5, 0.6) is 0 Å². The Morgan fingerprint density at radius 1 is 1.67 bits per heavy atom. The van der Waals surface area contributed by atoms with Crippen molar-refractivity contribution in [3.8, 4) is 0 Å². The summed E-state index contributed by atoms with van der Waals surface area (Å²) in [7, 11) is 0. The molecule has 1 unspecified atom stereocenters. The molecule has 5 nitrogen and oxygen atoms in total. The molecule has 1 saturated heterocycles.